The summed E-state index contributed by atoms with van der Waals surface area (Å²) in [4.78, 5) is 26.3. The Hall–Kier alpha value is -2.41. The number of pyridine rings is 1. The van der Waals surface area contributed by atoms with E-state index in [-0.39, 0.29) is 0 Å². The van der Waals surface area contributed by atoms with E-state index in [4.69, 9.17) is 23.2 Å². The summed E-state index contributed by atoms with van der Waals surface area (Å²) < 4.78 is 25.0. The number of aromatic nitrogens is 1. The van der Waals surface area contributed by atoms with E-state index >= 15 is 0 Å². The molecule has 1 N–H and O–H groups in total. The third-order valence-corrected chi connectivity index (χ3v) is 5.90. The van der Waals surface area contributed by atoms with Crippen LogP contribution in [0.15, 0.2) is 64.3 Å². The van der Waals surface area contributed by atoms with E-state index in [2.05, 4.69) is 4.98 Å². The zero-order valence-corrected chi connectivity index (χ0v) is 16.1. The molecule has 0 saturated carbocycles. The number of hydrogen-bond acceptors (Lipinski definition) is 4. The monoisotopic (exact) mass is 421 g/mol. The number of ketones is 1. The summed E-state index contributed by atoms with van der Waals surface area (Å²) in [5.41, 5.74) is 0.324. The number of rotatable bonds is 5. The molecule has 27 heavy (non-hydrogen) atoms. The highest BCUT2D eigenvalue weighted by Gasteiger charge is 2.22. The zero-order valence-electron chi connectivity index (χ0n) is 13.8. The quantitative estimate of drug-likeness (QED) is 0.633. The largest absolute Gasteiger partial charge is 0.321 e. The molecule has 0 unspecified atom stereocenters. The Bertz CT molecular complexity index is 1210. The molecule has 5 nitrogen and oxygen atoms in total. The Balaban J connectivity index is 1.85. The van der Waals surface area contributed by atoms with Crippen molar-refractivity contribution in [2.75, 3.05) is 5.75 Å². The van der Waals surface area contributed by atoms with Crippen molar-refractivity contribution in [3.05, 3.63) is 80.6 Å². The van der Waals surface area contributed by atoms with Gasteiger partial charge in [0.2, 0.25) is 0 Å². The summed E-state index contributed by atoms with van der Waals surface area (Å²) in [6, 6.07) is 12.6. The van der Waals surface area contributed by atoms with Gasteiger partial charge in [-0.1, -0.05) is 47.5 Å². The Morgan fingerprint density at radius 1 is 1.00 bits per heavy atom. The number of sulfone groups is 1. The van der Waals surface area contributed by atoms with Crippen LogP contribution in [-0.2, 0) is 14.6 Å². The lowest BCUT2D eigenvalue weighted by molar-refractivity contribution is -0.112. The first-order valence-corrected chi connectivity index (χ1v) is 10.2. The van der Waals surface area contributed by atoms with Crippen molar-refractivity contribution >= 4 is 55.8 Å². The summed E-state index contributed by atoms with van der Waals surface area (Å²) in [6.07, 6.45) is 2.65. The highest BCUT2D eigenvalue weighted by molar-refractivity contribution is 7.92. The second-order valence-electron chi connectivity index (χ2n) is 5.80. The van der Waals surface area contributed by atoms with Gasteiger partial charge >= 0.3 is 0 Å². The van der Waals surface area contributed by atoms with Gasteiger partial charge in [-0.25, -0.2) is 8.42 Å². The molecule has 1 aromatic heterocycles. The standard InChI is InChI=1S/C19H13Cl2NO4S/c20-14-5-1-12(2-6-14)3-8-16(23)11-27(25,26)18-9-13-4-7-15(21)10-17(13)22-19(18)24/h1-10H,11H2,(H,22,24)/b8-3+. The van der Waals surface area contributed by atoms with Gasteiger partial charge in [0.1, 0.15) is 10.6 Å². The van der Waals surface area contributed by atoms with Crippen LogP contribution >= 0.6 is 23.2 Å². The number of nitrogens with one attached hydrogen (secondary N) is 1. The summed E-state index contributed by atoms with van der Waals surface area (Å²) >= 11 is 11.6. The summed E-state index contributed by atoms with van der Waals surface area (Å²) in [5, 5.41) is 1.47. The molecule has 0 aliphatic carbocycles. The Morgan fingerprint density at radius 3 is 2.37 bits per heavy atom. The van der Waals surface area contributed by atoms with Gasteiger partial charge in [-0.05, 0) is 47.4 Å². The minimum absolute atomic E-state index is 0.413. The third-order valence-electron chi connectivity index (χ3n) is 3.77. The predicted octanol–water partition coefficient (Wildman–Crippen LogP) is 3.89. The molecule has 0 fully saturated rings. The second kappa shape index (κ2) is 7.68. The number of H-pyrrole nitrogens is 1. The number of fused-ring (bicyclic) bond motifs is 1. The van der Waals surface area contributed by atoms with E-state index in [1.54, 1.807) is 36.4 Å². The highest BCUT2D eigenvalue weighted by atomic mass is 35.5. The van der Waals surface area contributed by atoms with Gasteiger partial charge in [0.05, 0.1) is 0 Å². The molecule has 0 aliphatic rings. The van der Waals surface area contributed by atoms with Crippen LogP contribution in [0.2, 0.25) is 10.0 Å². The van der Waals surface area contributed by atoms with Crippen LogP contribution in [0.3, 0.4) is 0 Å². The van der Waals surface area contributed by atoms with Crippen LogP contribution in [0.4, 0.5) is 0 Å². The maximum Gasteiger partial charge on any atom is 0.267 e. The fourth-order valence-corrected chi connectivity index (χ4v) is 4.02. The Morgan fingerprint density at radius 2 is 1.67 bits per heavy atom. The van der Waals surface area contributed by atoms with Crippen molar-refractivity contribution in [2.24, 2.45) is 0 Å². The van der Waals surface area contributed by atoms with Gasteiger partial charge in [-0.2, -0.15) is 0 Å². The van der Waals surface area contributed by atoms with E-state index in [1.807, 2.05) is 0 Å². The van der Waals surface area contributed by atoms with E-state index in [0.717, 1.165) is 6.08 Å². The lowest BCUT2D eigenvalue weighted by atomic mass is 10.2. The smallest absolute Gasteiger partial charge is 0.267 e. The topological polar surface area (TPSA) is 84.1 Å². The first kappa shape index (κ1) is 19.4. The number of allylic oxidation sites excluding steroid dienone is 1. The molecule has 0 spiro atoms. The molecule has 138 valence electrons. The van der Waals surface area contributed by atoms with Crippen LogP contribution in [0.25, 0.3) is 17.0 Å². The van der Waals surface area contributed by atoms with Crippen molar-refractivity contribution in [3.8, 4) is 0 Å². The van der Waals surface area contributed by atoms with Crippen molar-refractivity contribution in [2.45, 2.75) is 4.90 Å². The average Bonchev–Trinajstić information content (AvgIpc) is 2.60. The van der Waals surface area contributed by atoms with Crippen LogP contribution in [0, 0.1) is 0 Å². The first-order chi connectivity index (χ1) is 12.7. The van der Waals surface area contributed by atoms with Crippen molar-refractivity contribution in [1.29, 1.82) is 0 Å². The Labute approximate surface area is 165 Å². The molecule has 3 rings (SSSR count). The van der Waals surface area contributed by atoms with Gasteiger partial charge in [0, 0.05) is 15.6 Å². The second-order valence-corrected chi connectivity index (χ2v) is 8.64. The van der Waals surface area contributed by atoms with Crippen LogP contribution in [0.5, 0.6) is 0 Å². The van der Waals surface area contributed by atoms with Crippen LogP contribution in [0.1, 0.15) is 5.56 Å². The number of carbonyl (C=O) groups excluding carboxylic acids is 1. The van der Waals surface area contributed by atoms with E-state index in [9.17, 15) is 18.0 Å². The maximum atomic E-state index is 12.5. The number of halogens is 2. The van der Waals surface area contributed by atoms with Gasteiger partial charge in [0.25, 0.3) is 5.56 Å². The van der Waals surface area contributed by atoms with E-state index in [1.165, 1.54) is 18.2 Å². The van der Waals surface area contributed by atoms with Crippen LogP contribution < -0.4 is 5.56 Å². The van der Waals surface area contributed by atoms with E-state index in [0.29, 0.717) is 26.5 Å². The number of aromatic amines is 1. The number of hydrogen-bond donors (Lipinski definition) is 1. The van der Waals surface area contributed by atoms with Crippen molar-refractivity contribution in [1.82, 2.24) is 4.98 Å². The summed E-state index contributed by atoms with van der Waals surface area (Å²) in [5.74, 6) is -1.44. The SMILES string of the molecule is O=C(/C=C/c1ccc(Cl)cc1)CS(=O)(=O)c1cc2ccc(Cl)cc2[nH]c1=O. The zero-order chi connectivity index (χ0) is 19.6. The molecule has 0 atom stereocenters. The molecule has 3 aromatic rings. The van der Waals surface area contributed by atoms with Crippen LogP contribution in [-0.4, -0.2) is 24.9 Å². The summed E-state index contributed by atoms with van der Waals surface area (Å²) in [7, 11) is -4.10. The maximum absolute atomic E-state index is 12.5. The molecule has 0 amide bonds. The molecule has 8 heteroatoms. The normalized spacial score (nSPS) is 11.9. The first-order valence-electron chi connectivity index (χ1n) is 7.76. The van der Waals surface area contributed by atoms with Crippen molar-refractivity contribution < 1.29 is 13.2 Å². The lowest BCUT2D eigenvalue weighted by Crippen LogP contribution is -2.22. The minimum Gasteiger partial charge on any atom is -0.321 e. The third kappa shape index (κ3) is 4.66. The fourth-order valence-electron chi connectivity index (χ4n) is 2.46. The average molecular weight is 422 g/mol. The molecule has 0 saturated heterocycles. The van der Waals surface area contributed by atoms with Gasteiger partial charge in [-0.3, -0.25) is 9.59 Å². The van der Waals surface area contributed by atoms with Gasteiger partial charge in [-0.15, -0.1) is 0 Å². The van der Waals surface area contributed by atoms with Crippen molar-refractivity contribution in [3.63, 3.8) is 0 Å². The summed E-state index contributed by atoms with van der Waals surface area (Å²) in [6.45, 7) is 0. The molecular formula is C19H13Cl2NO4S. The highest BCUT2D eigenvalue weighted by Crippen LogP contribution is 2.19. The minimum atomic E-state index is -4.10. The lowest BCUT2D eigenvalue weighted by Gasteiger charge is -2.04. The van der Waals surface area contributed by atoms with Gasteiger partial charge in [0.15, 0.2) is 15.6 Å². The number of benzene rings is 2. The molecule has 1 heterocycles. The van der Waals surface area contributed by atoms with Gasteiger partial charge < -0.3 is 4.98 Å². The predicted molar refractivity (Wildman–Crippen MR) is 107 cm³/mol. The fraction of sp³-hybridized carbons (Fsp3) is 0.0526. The molecule has 0 aliphatic heterocycles. The molecule has 2 aromatic carbocycles. The molecule has 0 radical (unpaired) electrons. The Kier molecular flexibility index (Phi) is 5.51. The molecular weight excluding hydrogens is 409 g/mol. The number of carbonyl (C=O) groups is 1. The molecule has 0 bridgehead atoms. The van der Waals surface area contributed by atoms with E-state index < -0.39 is 31.8 Å².